The largest absolute Gasteiger partial charge is 0.481 e. The molecule has 1 N–H and O–H groups in total. The average molecular weight is 250 g/mol. The lowest BCUT2D eigenvalue weighted by atomic mass is 9.77. The Morgan fingerprint density at radius 2 is 1.83 bits per heavy atom. The minimum absolute atomic E-state index is 0.0276. The van der Waals surface area contributed by atoms with Gasteiger partial charge in [-0.25, -0.2) is 4.39 Å². The van der Waals surface area contributed by atoms with Gasteiger partial charge in [-0.3, -0.25) is 4.79 Å². The van der Waals surface area contributed by atoms with Crippen molar-refractivity contribution in [2.45, 2.75) is 44.9 Å². The summed E-state index contributed by atoms with van der Waals surface area (Å²) in [6.07, 6.45) is 6.31. The van der Waals surface area contributed by atoms with Gasteiger partial charge in [-0.05, 0) is 48.8 Å². The van der Waals surface area contributed by atoms with Gasteiger partial charge in [0.25, 0.3) is 0 Å². The van der Waals surface area contributed by atoms with Crippen molar-refractivity contribution in [2.24, 2.45) is 5.41 Å². The van der Waals surface area contributed by atoms with Gasteiger partial charge in [0.15, 0.2) is 0 Å². The maximum atomic E-state index is 12.8. The molecule has 0 unspecified atom stereocenters. The topological polar surface area (TPSA) is 37.3 Å². The third kappa shape index (κ3) is 3.31. The summed E-state index contributed by atoms with van der Waals surface area (Å²) in [7, 11) is 0. The highest BCUT2D eigenvalue weighted by Gasteiger charge is 2.35. The third-order valence-electron chi connectivity index (χ3n) is 4.05. The van der Waals surface area contributed by atoms with Crippen molar-refractivity contribution >= 4 is 5.97 Å². The molecule has 0 bridgehead atoms. The van der Waals surface area contributed by atoms with Gasteiger partial charge in [-0.15, -0.1) is 0 Å². The molecule has 1 saturated carbocycles. The van der Waals surface area contributed by atoms with Crippen LogP contribution in [0.5, 0.6) is 0 Å². The molecule has 98 valence electrons. The SMILES string of the molecule is O=C(O)CC1(CCc2ccc(F)cc2)CCCC1. The fourth-order valence-corrected chi connectivity index (χ4v) is 3.02. The minimum atomic E-state index is -0.698. The van der Waals surface area contributed by atoms with Crippen LogP contribution in [-0.2, 0) is 11.2 Å². The second-order valence-electron chi connectivity index (χ2n) is 5.40. The fourth-order valence-electron chi connectivity index (χ4n) is 3.02. The van der Waals surface area contributed by atoms with E-state index in [1.165, 1.54) is 12.1 Å². The molecule has 1 fully saturated rings. The third-order valence-corrected chi connectivity index (χ3v) is 4.05. The number of benzene rings is 1. The number of halogens is 1. The van der Waals surface area contributed by atoms with E-state index >= 15 is 0 Å². The van der Waals surface area contributed by atoms with Crippen LogP contribution in [0, 0.1) is 11.2 Å². The zero-order chi connectivity index (χ0) is 13.0. The van der Waals surface area contributed by atoms with Gasteiger partial charge in [0.05, 0.1) is 6.42 Å². The molecule has 1 aliphatic carbocycles. The number of hydrogen-bond acceptors (Lipinski definition) is 1. The quantitative estimate of drug-likeness (QED) is 0.863. The molecule has 3 heteroatoms. The molecule has 0 saturated heterocycles. The Labute approximate surface area is 107 Å². The maximum Gasteiger partial charge on any atom is 0.303 e. The van der Waals surface area contributed by atoms with E-state index in [1.54, 1.807) is 12.1 Å². The molecular formula is C15H19FO2. The second kappa shape index (κ2) is 5.51. The summed E-state index contributed by atoms with van der Waals surface area (Å²) in [5.41, 5.74) is 1.06. The number of carboxylic acids is 1. The number of carboxylic acid groups (broad SMARTS) is 1. The van der Waals surface area contributed by atoms with E-state index < -0.39 is 5.97 Å². The smallest absolute Gasteiger partial charge is 0.303 e. The number of carbonyl (C=O) groups is 1. The zero-order valence-corrected chi connectivity index (χ0v) is 10.5. The van der Waals surface area contributed by atoms with E-state index in [1.807, 2.05) is 0 Å². The monoisotopic (exact) mass is 250 g/mol. The summed E-state index contributed by atoms with van der Waals surface area (Å²) in [5, 5.41) is 9.02. The first-order valence-electron chi connectivity index (χ1n) is 6.56. The molecule has 0 aromatic heterocycles. The summed E-state index contributed by atoms with van der Waals surface area (Å²) in [4.78, 5) is 11.0. The number of hydrogen-bond donors (Lipinski definition) is 1. The van der Waals surface area contributed by atoms with Crippen LogP contribution in [0.1, 0.15) is 44.1 Å². The van der Waals surface area contributed by atoms with Gasteiger partial charge in [-0.2, -0.15) is 0 Å². The van der Waals surface area contributed by atoms with E-state index in [2.05, 4.69) is 0 Å². The predicted octanol–water partition coefficient (Wildman–Crippen LogP) is 3.79. The van der Waals surface area contributed by atoms with Crippen LogP contribution in [0.15, 0.2) is 24.3 Å². The van der Waals surface area contributed by atoms with Crippen molar-refractivity contribution < 1.29 is 14.3 Å². The van der Waals surface area contributed by atoms with E-state index in [4.69, 9.17) is 5.11 Å². The van der Waals surface area contributed by atoms with Crippen molar-refractivity contribution in [1.82, 2.24) is 0 Å². The van der Waals surface area contributed by atoms with Crippen molar-refractivity contribution in [3.63, 3.8) is 0 Å². The highest BCUT2D eigenvalue weighted by Crippen LogP contribution is 2.44. The normalized spacial score (nSPS) is 17.8. The number of aryl methyl sites for hydroxylation is 1. The molecule has 2 nitrogen and oxygen atoms in total. The van der Waals surface area contributed by atoms with E-state index in [9.17, 15) is 9.18 Å². The van der Waals surface area contributed by atoms with Gasteiger partial charge < -0.3 is 5.11 Å². The first-order valence-corrected chi connectivity index (χ1v) is 6.56. The highest BCUT2D eigenvalue weighted by molar-refractivity contribution is 5.67. The van der Waals surface area contributed by atoms with Crippen LogP contribution in [0.4, 0.5) is 4.39 Å². The minimum Gasteiger partial charge on any atom is -0.481 e. The lowest BCUT2D eigenvalue weighted by molar-refractivity contribution is -0.139. The van der Waals surface area contributed by atoms with Crippen LogP contribution in [0.25, 0.3) is 0 Å². The van der Waals surface area contributed by atoms with Crippen LogP contribution in [-0.4, -0.2) is 11.1 Å². The Morgan fingerprint density at radius 1 is 1.22 bits per heavy atom. The van der Waals surface area contributed by atoms with E-state index in [-0.39, 0.29) is 17.7 Å². The second-order valence-corrected chi connectivity index (χ2v) is 5.40. The Morgan fingerprint density at radius 3 is 2.39 bits per heavy atom. The van der Waals surface area contributed by atoms with Gasteiger partial charge in [0, 0.05) is 0 Å². The first kappa shape index (κ1) is 13.1. The average Bonchev–Trinajstić information content (AvgIpc) is 2.76. The number of rotatable bonds is 5. The van der Waals surface area contributed by atoms with Crippen LogP contribution in [0.2, 0.25) is 0 Å². The van der Waals surface area contributed by atoms with Crippen molar-refractivity contribution in [2.75, 3.05) is 0 Å². The van der Waals surface area contributed by atoms with Gasteiger partial charge >= 0.3 is 5.97 Å². The molecule has 0 aliphatic heterocycles. The van der Waals surface area contributed by atoms with Crippen molar-refractivity contribution in [3.05, 3.63) is 35.6 Å². The predicted molar refractivity (Wildman–Crippen MR) is 67.9 cm³/mol. The maximum absolute atomic E-state index is 12.8. The molecule has 1 aromatic rings. The Hall–Kier alpha value is -1.38. The zero-order valence-electron chi connectivity index (χ0n) is 10.5. The Bertz CT molecular complexity index is 405. The van der Waals surface area contributed by atoms with Crippen LogP contribution < -0.4 is 0 Å². The van der Waals surface area contributed by atoms with Crippen molar-refractivity contribution in [3.8, 4) is 0 Å². The molecule has 18 heavy (non-hydrogen) atoms. The molecule has 0 spiro atoms. The molecule has 1 aliphatic rings. The van der Waals surface area contributed by atoms with Crippen molar-refractivity contribution in [1.29, 1.82) is 0 Å². The van der Waals surface area contributed by atoms with E-state index in [0.29, 0.717) is 0 Å². The first-order chi connectivity index (χ1) is 8.60. The molecule has 0 amide bonds. The van der Waals surface area contributed by atoms with Gasteiger partial charge in [0.2, 0.25) is 0 Å². The Kier molecular flexibility index (Phi) is 4.00. The summed E-state index contributed by atoms with van der Waals surface area (Å²) in [5.74, 6) is -0.920. The Balaban J connectivity index is 1.97. The number of aliphatic carboxylic acids is 1. The molecule has 2 rings (SSSR count). The lowest BCUT2D eigenvalue weighted by Gasteiger charge is -2.27. The highest BCUT2D eigenvalue weighted by atomic mass is 19.1. The summed E-state index contributed by atoms with van der Waals surface area (Å²) in [6, 6.07) is 6.51. The fraction of sp³-hybridized carbons (Fsp3) is 0.533. The van der Waals surface area contributed by atoms with Gasteiger partial charge in [-0.1, -0.05) is 25.0 Å². The molecule has 0 atom stereocenters. The standard InChI is InChI=1S/C15H19FO2/c16-13-5-3-12(4-6-13)7-10-15(11-14(17)18)8-1-2-9-15/h3-6H,1-2,7-11H2,(H,17,18). The summed E-state index contributed by atoms with van der Waals surface area (Å²) in [6.45, 7) is 0. The molecule has 1 aromatic carbocycles. The molecule has 0 radical (unpaired) electrons. The molecular weight excluding hydrogens is 231 g/mol. The van der Waals surface area contributed by atoms with Crippen LogP contribution >= 0.6 is 0 Å². The molecule has 0 heterocycles. The van der Waals surface area contributed by atoms with Gasteiger partial charge in [0.1, 0.15) is 5.82 Å². The van der Waals surface area contributed by atoms with E-state index in [0.717, 1.165) is 44.1 Å². The van der Waals surface area contributed by atoms with Crippen LogP contribution in [0.3, 0.4) is 0 Å². The lowest BCUT2D eigenvalue weighted by Crippen LogP contribution is -2.21. The summed E-state index contributed by atoms with van der Waals surface area (Å²) >= 11 is 0. The summed E-state index contributed by atoms with van der Waals surface area (Å²) < 4.78 is 12.8.